The Kier molecular flexibility index (Phi) is 6.82. The van der Waals surface area contributed by atoms with Crippen LogP contribution in [0.25, 0.3) is 0 Å². The second-order valence-electron chi connectivity index (χ2n) is 7.52. The van der Waals surface area contributed by atoms with Gasteiger partial charge in [-0.05, 0) is 38.0 Å². The third-order valence-electron chi connectivity index (χ3n) is 5.59. The van der Waals surface area contributed by atoms with Crippen molar-refractivity contribution >= 4 is 5.91 Å². The quantitative estimate of drug-likeness (QED) is 0.842. The Morgan fingerprint density at radius 3 is 2.58 bits per heavy atom. The highest BCUT2D eigenvalue weighted by molar-refractivity contribution is 5.76. The summed E-state index contributed by atoms with van der Waals surface area (Å²) in [7, 11) is 0. The first-order valence-electron chi connectivity index (χ1n) is 9.91. The summed E-state index contributed by atoms with van der Waals surface area (Å²) in [5.41, 5.74) is 0.227. The molecule has 0 radical (unpaired) electrons. The molecule has 2 fully saturated rings. The van der Waals surface area contributed by atoms with Crippen LogP contribution in [-0.4, -0.2) is 28.0 Å². The SMILES string of the molecule is N#Cc1nccnc1OC1CCC(NC(=O)CCC2CCCCC2)CC1. The highest BCUT2D eigenvalue weighted by atomic mass is 16.5. The Morgan fingerprint density at radius 1 is 1.12 bits per heavy atom. The van der Waals surface area contributed by atoms with Gasteiger partial charge in [0.2, 0.25) is 11.6 Å². The van der Waals surface area contributed by atoms with Crippen molar-refractivity contribution in [1.29, 1.82) is 5.26 Å². The van der Waals surface area contributed by atoms with Crippen LogP contribution in [0.2, 0.25) is 0 Å². The summed E-state index contributed by atoms with van der Waals surface area (Å²) >= 11 is 0. The number of aromatic nitrogens is 2. The van der Waals surface area contributed by atoms with Crippen molar-refractivity contribution in [3.8, 4) is 11.9 Å². The van der Waals surface area contributed by atoms with E-state index < -0.39 is 0 Å². The molecule has 0 atom stereocenters. The molecule has 2 saturated carbocycles. The molecule has 140 valence electrons. The van der Waals surface area contributed by atoms with E-state index in [2.05, 4.69) is 15.3 Å². The van der Waals surface area contributed by atoms with Crippen molar-refractivity contribution in [1.82, 2.24) is 15.3 Å². The van der Waals surface area contributed by atoms with Crippen molar-refractivity contribution in [2.24, 2.45) is 5.92 Å². The van der Waals surface area contributed by atoms with E-state index in [0.29, 0.717) is 12.3 Å². The first kappa shape index (κ1) is 18.6. The fraction of sp³-hybridized carbons (Fsp3) is 0.700. The minimum atomic E-state index is 0.0363. The Morgan fingerprint density at radius 2 is 1.85 bits per heavy atom. The number of rotatable bonds is 6. The molecule has 0 saturated heterocycles. The lowest BCUT2D eigenvalue weighted by molar-refractivity contribution is -0.122. The van der Waals surface area contributed by atoms with Crippen LogP contribution < -0.4 is 10.1 Å². The van der Waals surface area contributed by atoms with Gasteiger partial charge in [0, 0.05) is 24.9 Å². The third kappa shape index (κ3) is 5.42. The van der Waals surface area contributed by atoms with E-state index in [1.54, 1.807) is 0 Å². The highest BCUT2D eigenvalue weighted by Crippen LogP contribution is 2.28. The molecule has 1 aromatic rings. The molecule has 1 N–H and O–H groups in total. The van der Waals surface area contributed by atoms with Crippen LogP contribution in [0.15, 0.2) is 12.4 Å². The van der Waals surface area contributed by atoms with E-state index in [-0.39, 0.29) is 23.7 Å². The van der Waals surface area contributed by atoms with E-state index in [1.165, 1.54) is 44.5 Å². The van der Waals surface area contributed by atoms with Gasteiger partial charge in [-0.25, -0.2) is 9.97 Å². The summed E-state index contributed by atoms with van der Waals surface area (Å²) < 4.78 is 5.85. The summed E-state index contributed by atoms with van der Waals surface area (Å²) in [5, 5.41) is 12.2. The van der Waals surface area contributed by atoms with Crippen molar-refractivity contribution in [3.05, 3.63) is 18.1 Å². The lowest BCUT2D eigenvalue weighted by Gasteiger charge is -2.29. The van der Waals surface area contributed by atoms with E-state index >= 15 is 0 Å². The zero-order chi connectivity index (χ0) is 18.2. The number of amides is 1. The van der Waals surface area contributed by atoms with Gasteiger partial charge >= 0.3 is 0 Å². The first-order chi connectivity index (χ1) is 12.7. The lowest BCUT2D eigenvalue weighted by Crippen LogP contribution is -2.39. The molecule has 2 aliphatic rings. The minimum absolute atomic E-state index is 0.0363. The van der Waals surface area contributed by atoms with Crippen LogP contribution in [0.5, 0.6) is 5.88 Å². The Labute approximate surface area is 155 Å². The zero-order valence-corrected chi connectivity index (χ0v) is 15.3. The molecule has 1 heterocycles. The Bertz CT molecular complexity index is 629. The molecule has 0 aliphatic heterocycles. The zero-order valence-electron chi connectivity index (χ0n) is 15.3. The average molecular weight is 356 g/mol. The molecule has 26 heavy (non-hydrogen) atoms. The van der Waals surface area contributed by atoms with Gasteiger partial charge in [0.15, 0.2) is 0 Å². The Balaban J connectivity index is 1.37. The van der Waals surface area contributed by atoms with E-state index in [4.69, 9.17) is 10.00 Å². The number of nitrogens with one attached hydrogen (secondary N) is 1. The van der Waals surface area contributed by atoms with Crippen molar-refractivity contribution in [3.63, 3.8) is 0 Å². The normalized spacial score (nSPS) is 23.8. The van der Waals surface area contributed by atoms with Gasteiger partial charge in [0.25, 0.3) is 5.88 Å². The standard InChI is InChI=1S/C20H28N4O2/c21-14-18-20(23-13-12-22-18)26-17-9-7-16(8-10-17)24-19(25)11-6-15-4-2-1-3-5-15/h12-13,15-17H,1-11H2,(H,24,25). The average Bonchev–Trinajstić information content (AvgIpc) is 2.69. The largest absolute Gasteiger partial charge is 0.472 e. The maximum Gasteiger partial charge on any atom is 0.251 e. The maximum absolute atomic E-state index is 12.2. The second-order valence-corrected chi connectivity index (χ2v) is 7.52. The Hall–Kier alpha value is -2.16. The highest BCUT2D eigenvalue weighted by Gasteiger charge is 2.25. The number of hydrogen-bond acceptors (Lipinski definition) is 5. The number of nitriles is 1. The van der Waals surface area contributed by atoms with Gasteiger partial charge in [0.05, 0.1) is 0 Å². The summed E-state index contributed by atoms with van der Waals surface area (Å²) in [6, 6.07) is 2.25. The van der Waals surface area contributed by atoms with Crippen molar-refractivity contribution in [2.75, 3.05) is 0 Å². The van der Waals surface area contributed by atoms with E-state index in [0.717, 1.165) is 38.0 Å². The van der Waals surface area contributed by atoms with Gasteiger partial charge in [-0.1, -0.05) is 32.1 Å². The minimum Gasteiger partial charge on any atom is -0.472 e. The van der Waals surface area contributed by atoms with Gasteiger partial charge in [-0.15, -0.1) is 0 Å². The predicted molar refractivity (Wildman–Crippen MR) is 97.4 cm³/mol. The number of carbonyl (C=O) groups is 1. The van der Waals surface area contributed by atoms with E-state index in [9.17, 15) is 4.79 Å². The first-order valence-corrected chi connectivity index (χ1v) is 9.91. The molecular formula is C20H28N4O2. The van der Waals surface area contributed by atoms with Gasteiger partial charge in [-0.3, -0.25) is 4.79 Å². The molecule has 0 unspecified atom stereocenters. The fourth-order valence-corrected chi connectivity index (χ4v) is 4.08. The monoisotopic (exact) mass is 356 g/mol. The third-order valence-corrected chi connectivity index (χ3v) is 5.59. The molecule has 1 aromatic heterocycles. The van der Waals surface area contributed by atoms with Gasteiger partial charge in [-0.2, -0.15) is 5.26 Å². The summed E-state index contributed by atoms with van der Waals surface area (Å²) in [5.74, 6) is 1.26. The predicted octanol–water partition coefficient (Wildman–Crippen LogP) is 3.51. The van der Waals surface area contributed by atoms with Crippen molar-refractivity contribution < 1.29 is 9.53 Å². The molecule has 1 amide bonds. The van der Waals surface area contributed by atoms with Crippen LogP contribution in [-0.2, 0) is 4.79 Å². The fourth-order valence-electron chi connectivity index (χ4n) is 4.08. The molecular weight excluding hydrogens is 328 g/mol. The number of nitrogens with zero attached hydrogens (tertiary/aromatic N) is 3. The second kappa shape index (κ2) is 9.51. The van der Waals surface area contributed by atoms with Gasteiger partial charge in [0.1, 0.15) is 12.2 Å². The lowest BCUT2D eigenvalue weighted by atomic mass is 9.86. The maximum atomic E-state index is 12.2. The molecule has 6 heteroatoms. The summed E-state index contributed by atoms with van der Waals surface area (Å²) in [4.78, 5) is 20.3. The van der Waals surface area contributed by atoms with Crippen LogP contribution in [0.1, 0.15) is 76.3 Å². The summed E-state index contributed by atoms with van der Waals surface area (Å²) in [6.45, 7) is 0. The smallest absolute Gasteiger partial charge is 0.251 e. The summed E-state index contributed by atoms with van der Waals surface area (Å²) in [6.07, 6.45) is 14.9. The molecule has 0 aromatic carbocycles. The topological polar surface area (TPSA) is 87.9 Å². The molecule has 2 aliphatic carbocycles. The molecule has 3 rings (SSSR count). The van der Waals surface area contributed by atoms with Gasteiger partial charge < -0.3 is 10.1 Å². The van der Waals surface area contributed by atoms with Crippen LogP contribution in [0.3, 0.4) is 0 Å². The number of hydrogen-bond donors (Lipinski definition) is 1. The molecule has 6 nitrogen and oxygen atoms in total. The number of carbonyl (C=O) groups excluding carboxylic acids is 1. The van der Waals surface area contributed by atoms with Crippen LogP contribution >= 0.6 is 0 Å². The number of ether oxygens (including phenoxy) is 1. The molecule has 0 bridgehead atoms. The van der Waals surface area contributed by atoms with Crippen molar-refractivity contribution in [2.45, 2.75) is 82.8 Å². The van der Waals surface area contributed by atoms with Crippen LogP contribution in [0.4, 0.5) is 0 Å². The molecule has 0 spiro atoms. The van der Waals surface area contributed by atoms with Crippen LogP contribution in [0, 0.1) is 17.2 Å². The van der Waals surface area contributed by atoms with E-state index in [1.807, 2.05) is 6.07 Å².